The van der Waals surface area contributed by atoms with Gasteiger partial charge in [0, 0.05) is 6.54 Å². The highest BCUT2D eigenvalue weighted by molar-refractivity contribution is 5.71. The summed E-state index contributed by atoms with van der Waals surface area (Å²) in [6, 6.07) is 16.9. The zero-order chi connectivity index (χ0) is 20.1. The molecule has 29 heavy (non-hydrogen) atoms. The minimum atomic E-state index is -0.230. The van der Waals surface area contributed by atoms with Crippen molar-refractivity contribution in [2.75, 3.05) is 13.2 Å². The SMILES string of the molecule is C=CCOCc1ccc(-c2ccc(CN3CC4(CCCCC4)OC3=O)cc2)cc1. The maximum Gasteiger partial charge on any atom is 0.410 e. The van der Waals surface area contributed by atoms with E-state index >= 15 is 0 Å². The predicted octanol–water partition coefficient (Wildman–Crippen LogP) is 5.71. The number of carbonyl (C=O) groups is 1. The van der Waals surface area contributed by atoms with E-state index in [0.717, 1.165) is 43.4 Å². The molecule has 0 atom stereocenters. The number of benzene rings is 2. The molecule has 4 nitrogen and oxygen atoms in total. The summed E-state index contributed by atoms with van der Waals surface area (Å²) in [5.74, 6) is 0. The van der Waals surface area contributed by atoms with Crippen LogP contribution in [0.5, 0.6) is 0 Å². The Hall–Kier alpha value is -2.59. The van der Waals surface area contributed by atoms with Crippen LogP contribution in [0, 0.1) is 0 Å². The van der Waals surface area contributed by atoms with Crippen molar-refractivity contribution in [3.63, 3.8) is 0 Å². The van der Waals surface area contributed by atoms with E-state index in [-0.39, 0.29) is 11.7 Å². The molecule has 2 fully saturated rings. The highest BCUT2D eigenvalue weighted by Crippen LogP contribution is 2.37. The maximum absolute atomic E-state index is 12.4. The van der Waals surface area contributed by atoms with Gasteiger partial charge in [-0.15, -0.1) is 6.58 Å². The van der Waals surface area contributed by atoms with Crippen LogP contribution in [0.3, 0.4) is 0 Å². The van der Waals surface area contributed by atoms with Gasteiger partial charge in [-0.25, -0.2) is 4.79 Å². The Labute approximate surface area is 173 Å². The summed E-state index contributed by atoms with van der Waals surface area (Å²) in [6.45, 7) is 6.15. The van der Waals surface area contributed by atoms with Gasteiger partial charge < -0.3 is 9.47 Å². The van der Waals surface area contributed by atoms with E-state index in [4.69, 9.17) is 9.47 Å². The van der Waals surface area contributed by atoms with Gasteiger partial charge in [0.15, 0.2) is 0 Å². The van der Waals surface area contributed by atoms with Gasteiger partial charge in [-0.2, -0.15) is 0 Å². The molecule has 2 aromatic rings. The molecule has 1 saturated heterocycles. The van der Waals surface area contributed by atoms with Crippen molar-refractivity contribution in [3.05, 3.63) is 72.3 Å². The fourth-order valence-electron chi connectivity index (χ4n) is 4.35. The van der Waals surface area contributed by atoms with E-state index in [9.17, 15) is 4.79 Å². The second-order valence-electron chi connectivity index (χ2n) is 8.17. The zero-order valence-corrected chi connectivity index (χ0v) is 16.9. The molecule has 1 saturated carbocycles. The van der Waals surface area contributed by atoms with Crippen LogP contribution >= 0.6 is 0 Å². The molecule has 2 aliphatic rings. The molecular weight excluding hydrogens is 362 g/mol. The van der Waals surface area contributed by atoms with Crippen LogP contribution in [-0.4, -0.2) is 29.7 Å². The fraction of sp³-hybridized carbons (Fsp3) is 0.400. The molecule has 0 bridgehead atoms. The number of ether oxygens (including phenoxy) is 2. The molecule has 1 aliphatic heterocycles. The number of rotatable bonds is 7. The minimum Gasteiger partial charge on any atom is -0.441 e. The first kappa shape index (κ1) is 19.7. The maximum atomic E-state index is 12.4. The van der Waals surface area contributed by atoms with Gasteiger partial charge in [-0.05, 0) is 47.9 Å². The molecule has 1 aliphatic carbocycles. The first-order chi connectivity index (χ1) is 14.2. The molecular formula is C25H29NO3. The Morgan fingerprint density at radius 3 is 2.21 bits per heavy atom. The van der Waals surface area contributed by atoms with Crippen molar-refractivity contribution < 1.29 is 14.3 Å². The first-order valence-electron chi connectivity index (χ1n) is 10.5. The van der Waals surface area contributed by atoms with Gasteiger partial charge in [-0.3, -0.25) is 4.90 Å². The van der Waals surface area contributed by atoms with Gasteiger partial charge in [0.1, 0.15) is 5.60 Å². The van der Waals surface area contributed by atoms with Crippen molar-refractivity contribution in [2.24, 2.45) is 0 Å². The van der Waals surface area contributed by atoms with Crippen LogP contribution < -0.4 is 0 Å². The largest absolute Gasteiger partial charge is 0.441 e. The van der Waals surface area contributed by atoms with Crippen LogP contribution in [0.1, 0.15) is 43.2 Å². The van der Waals surface area contributed by atoms with Crippen molar-refractivity contribution in [3.8, 4) is 11.1 Å². The molecule has 2 aromatic carbocycles. The third kappa shape index (κ3) is 4.70. The van der Waals surface area contributed by atoms with Crippen molar-refractivity contribution in [1.29, 1.82) is 0 Å². The Bertz CT molecular complexity index is 835. The average molecular weight is 392 g/mol. The van der Waals surface area contributed by atoms with Crippen LogP contribution in [-0.2, 0) is 22.6 Å². The Morgan fingerprint density at radius 1 is 0.966 bits per heavy atom. The summed E-state index contributed by atoms with van der Waals surface area (Å²) in [7, 11) is 0. The summed E-state index contributed by atoms with van der Waals surface area (Å²) in [5, 5.41) is 0. The Kier molecular flexibility index (Phi) is 6.00. The van der Waals surface area contributed by atoms with Crippen LogP contribution in [0.15, 0.2) is 61.2 Å². The van der Waals surface area contributed by atoms with E-state index in [0.29, 0.717) is 19.8 Å². The molecule has 0 radical (unpaired) electrons. The van der Waals surface area contributed by atoms with Crippen molar-refractivity contribution in [1.82, 2.24) is 4.90 Å². The standard InChI is InChI=1S/C25H29NO3/c1-2-16-28-18-21-8-12-23(13-9-21)22-10-6-20(7-11-22)17-26-19-25(29-24(26)27)14-4-3-5-15-25/h2,6-13H,1,3-5,14-19H2. The molecule has 1 heterocycles. The summed E-state index contributed by atoms with van der Waals surface area (Å²) in [5.41, 5.74) is 4.39. The third-order valence-corrected chi connectivity index (χ3v) is 5.92. The van der Waals surface area contributed by atoms with Gasteiger partial charge in [0.05, 0.1) is 19.8 Å². The second-order valence-corrected chi connectivity index (χ2v) is 8.17. The summed E-state index contributed by atoms with van der Waals surface area (Å²) in [4.78, 5) is 14.2. The van der Waals surface area contributed by atoms with Gasteiger partial charge in [-0.1, -0.05) is 61.0 Å². The van der Waals surface area contributed by atoms with Gasteiger partial charge >= 0.3 is 6.09 Å². The molecule has 1 spiro atoms. The van der Waals surface area contributed by atoms with Gasteiger partial charge in [0.25, 0.3) is 0 Å². The topological polar surface area (TPSA) is 38.8 Å². The molecule has 0 N–H and O–H groups in total. The second kappa shape index (κ2) is 8.83. The number of carbonyl (C=O) groups excluding carboxylic acids is 1. The van der Waals surface area contributed by atoms with Crippen molar-refractivity contribution in [2.45, 2.75) is 50.9 Å². The monoisotopic (exact) mass is 391 g/mol. The van der Waals surface area contributed by atoms with E-state index < -0.39 is 0 Å². The van der Waals surface area contributed by atoms with E-state index in [1.165, 1.54) is 17.5 Å². The normalized spacial score (nSPS) is 18.1. The lowest BCUT2D eigenvalue weighted by molar-refractivity contribution is 0.0260. The lowest BCUT2D eigenvalue weighted by Gasteiger charge is -2.30. The molecule has 4 rings (SSSR count). The quantitative estimate of drug-likeness (QED) is 0.448. The zero-order valence-electron chi connectivity index (χ0n) is 16.9. The minimum absolute atomic E-state index is 0.162. The molecule has 152 valence electrons. The van der Waals surface area contributed by atoms with E-state index in [2.05, 4.69) is 55.1 Å². The van der Waals surface area contributed by atoms with E-state index in [1.807, 2.05) is 4.90 Å². The van der Waals surface area contributed by atoms with Crippen LogP contribution in [0.2, 0.25) is 0 Å². The van der Waals surface area contributed by atoms with Gasteiger partial charge in [0.2, 0.25) is 0 Å². The highest BCUT2D eigenvalue weighted by Gasteiger charge is 2.45. The number of amides is 1. The summed E-state index contributed by atoms with van der Waals surface area (Å²) in [6.07, 6.45) is 7.18. The number of hydrogen-bond acceptors (Lipinski definition) is 3. The Balaban J connectivity index is 1.37. The van der Waals surface area contributed by atoms with Crippen LogP contribution in [0.25, 0.3) is 11.1 Å². The molecule has 4 heteroatoms. The highest BCUT2D eigenvalue weighted by atomic mass is 16.6. The smallest absolute Gasteiger partial charge is 0.410 e. The third-order valence-electron chi connectivity index (χ3n) is 5.92. The van der Waals surface area contributed by atoms with Crippen molar-refractivity contribution >= 4 is 6.09 Å². The fourth-order valence-corrected chi connectivity index (χ4v) is 4.35. The predicted molar refractivity (Wildman–Crippen MR) is 114 cm³/mol. The van der Waals surface area contributed by atoms with E-state index in [1.54, 1.807) is 6.08 Å². The summed E-state index contributed by atoms with van der Waals surface area (Å²) < 4.78 is 11.3. The lowest BCUT2D eigenvalue weighted by atomic mass is 9.85. The first-order valence-corrected chi connectivity index (χ1v) is 10.5. The molecule has 1 amide bonds. The number of nitrogens with zero attached hydrogens (tertiary/aromatic N) is 1. The molecule has 0 aromatic heterocycles. The summed E-state index contributed by atoms with van der Waals surface area (Å²) >= 11 is 0. The Morgan fingerprint density at radius 2 is 1.59 bits per heavy atom. The molecule has 0 unspecified atom stereocenters. The van der Waals surface area contributed by atoms with Crippen LogP contribution in [0.4, 0.5) is 4.79 Å². The number of hydrogen-bond donors (Lipinski definition) is 0. The lowest BCUT2D eigenvalue weighted by Crippen LogP contribution is -2.36. The average Bonchev–Trinajstić information content (AvgIpc) is 3.04.